The first-order valence-electron chi connectivity index (χ1n) is 7.68. The van der Waals surface area contributed by atoms with E-state index in [0.717, 1.165) is 10.8 Å². The third-order valence-corrected chi connectivity index (χ3v) is 4.20. The summed E-state index contributed by atoms with van der Waals surface area (Å²) in [5, 5.41) is 13.3. The van der Waals surface area contributed by atoms with Crippen molar-refractivity contribution in [2.45, 2.75) is 0 Å². The molecule has 3 aromatic carbocycles. The average Bonchev–Trinajstić information content (AvgIpc) is 3.09. The molecule has 0 fully saturated rings. The van der Waals surface area contributed by atoms with E-state index in [1.807, 2.05) is 30.3 Å². The highest BCUT2D eigenvalue weighted by molar-refractivity contribution is 6.35. The average molecular weight is 384 g/mol. The molecular weight excluding hydrogens is 373 g/mol. The number of hydrogen-bond acceptors (Lipinski definition) is 4. The second kappa shape index (κ2) is 6.78. The lowest BCUT2D eigenvalue weighted by Gasteiger charge is -2.03. The zero-order chi connectivity index (χ0) is 18.1. The minimum Gasteiger partial charge on any atom is -0.403 e. The number of fused-ring (bicyclic) bond motifs is 1. The van der Waals surface area contributed by atoms with Gasteiger partial charge in [-0.3, -0.25) is 10.1 Å². The van der Waals surface area contributed by atoms with Crippen molar-refractivity contribution >= 4 is 45.9 Å². The lowest BCUT2D eigenvalue weighted by Crippen LogP contribution is -2.12. The van der Waals surface area contributed by atoms with E-state index in [0.29, 0.717) is 21.2 Å². The molecule has 1 N–H and O–H groups in total. The molecular formula is C19H11Cl2N3O2. The van der Waals surface area contributed by atoms with Gasteiger partial charge in [0, 0.05) is 21.2 Å². The molecule has 0 aliphatic heterocycles. The maximum absolute atomic E-state index is 12.4. The molecule has 0 spiro atoms. The van der Waals surface area contributed by atoms with Crippen LogP contribution in [-0.4, -0.2) is 16.1 Å². The number of nitrogens with one attached hydrogen (secondary N) is 1. The summed E-state index contributed by atoms with van der Waals surface area (Å²) in [6.45, 7) is 0. The highest BCUT2D eigenvalue weighted by atomic mass is 35.5. The molecule has 26 heavy (non-hydrogen) atoms. The quantitative estimate of drug-likeness (QED) is 0.510. The molecule has 1 heterocycles. The van der Waals surface area contributed by atoms with Crippen molar-refractivity contribution in [3.8, 4) is 11.5 Å². The third kappa shape index (κ3) is 3.40. The van der Waals surface area contributed by atoms with Crippen LogP contribution in [0.5, 0.6) is 0 Å². The van der Waals surface area contributed by atoms with Gasteiger partial charge in [-0.2, -0.15) is 0 Å². The molecule has 0 radical (unpaired) electrons. The number of carbonyl (C=O) groups excluding carboxylic acids is 1. The summed E-state index contributed by atoms with van der Waals surface area (Å²) in [5.41, 5.74) is 1.07. The topological polar surface area (TPSA) is 68.0 Å². The van der Waals surface area contributed by atoms with Gasteiger partial charge >= 0.3 is 6.01 Å². The number of carbonyl (C=O) groups is 1. The molecule has 1 amide bonds. The summed E-state index contributed by atoms with van der Waals surface area (Å²) in [6, 6.07) is 18.1. The zero-order valence-corrected chi connectivity index (χ0v) is 14.8. The van der Waals surface area contributed by atoms with Crippen molar-refractivity contribution < 1.29 is 9.21 Å². The second-order valence-corrected chi connectivity index (χ2v) is 6.46. The Bertz CT molecular complexity index is 1100. The smallest absolute Gasteiger partial charge is 0.322 e. The SMILES string of the molecule is O=C(Nc1nnc(-c2cc(Cl)cc(Cl)c2)o1)c1ccc2ccccc2c1. The summed E-state index contributed by atoms with van der Waals surface area (Å²) < 4.78 is 5.49. The molecule has 1 aromatic heterocycles. The molecule has 7 heteroatoms. The van der Waals surface area contributed by atoms with Gasteiger partial charge in [0.2, 0.25) is 5.89 Å². The van der Waals surface area contributed by atoms with E-state index in [-0.39, 0.29) is 17.8 Å². The van der Waals surface area contributed by atoms with Gasteiger partial charge in [-0.1, -0.05) is 58.6 Å². The van der Waals surface area contributed by atoms with Crippen LogP contribution in [0.3, 0.4) is 0 Å². The minimum atomic E-state index is -0.338. The van der Waals surface area contributed by atoms with E-state index in [9.17, 15) is 4.79 Å². The number of anilines is 1. The number of aromatic nitrogens is 2. The number of halogens is 2. The first-order valence-corrected chi connectivity index (χ1v) is 8.44. The number of rotatable bonds is 3. The van der Waals surface area contributed by atoms with Crippen LogP contribution in [0.1, 0.15) is 10.4 Å². The normalized spacial score (nSPS) is 10.8. The lowest BCUT2D eigenvalue weighted by atomic mass is 10.1. The number of hydrogen-bond donors (Lipinski definition) is 1. The van der Waals surface area contributed by atoms with Crippen LogP contribution in [0.4, 0.5) is 6.01 Å². The molecule has 0 unspecified atom stereocenters. The predicted molar refractivity (Wildman–Crippen MR) is 102 cm³/mol. The van der Waals surface area contributed by atoms with Crippen LogP contribution in [0, 0.1) is 0 Å². The first-order chi connectivity index (χ1) is 12.6. The standard InChI is InChI=1S/C19H11Cl2N3O2/c20-15-8-14(9-16(21)10-15)18-23-24-19(26-18)22-17(25)13-6-5-11-3-1-2-4-12(11)7-13/h1-10H,(H,22,24,25). The molecule has 0 atom stereocenters. The lowest BCUT2D eigenvalue weighted by molar-refractivity contribution is 0.102. The van der Waals surface area contributed by atoms with E-state index in [2.05, 4.69) is 15.5 Å². The van der Waals surface area contributed by atoms with Crippen LogP contribution < -0.4 is 5.32 Å². The fraction of sp³-hybridized carbons (Fsp3) is 0. The van der Waals surface area contributed by atoms with Gasteiger partial charge < -0.3 is 4.42 Å². The Hall–Kier alpha value is -2.89. The molecule has 0 bridgehead atoms. The summed E-state index contributed by atoms with van der Waals surface area (Å²) in [7, 11) is 0. The largest absolute Gasteiger partial charge is 0.403 e. The third-order valence-electron chi connectivity index (χ3n) is 3.77. The molecule has 0 saturated heterocycles. The molecule has 0 aliphatic carbocycles. The fourth-order valence-electron chi connectivity index (χ4n) is 2.57. The minimum absolute atomic E-state index is 0.00532. The highest BCUT2D eigenvalue weighted by Gasteiger charge is 2.14. The highest BCUT2D eigenvalue weighted by Crippen LogP contribution is 2.27. The maximum Gasteiger partial charge on any atom is 0.322 e. The van der Waals surface area contributed by atoms with Gasteiger partial charge in [-0.25, -0.2) is 0 Å². The van der Waals surface area contributed by atoms with E-state index in [1.54, 1.807) is 30.3 Å². The maximum atomic E-state index is 12.4. The van der Waals surface area contributed by atoms with Gasteiger partial charge in [-0.15, -0.1) is 5.10 Å². The Kier molecular flexibility index (Phi) is 4.32. The Morgan fingerprint density at radius 2 is 1.62 bits per heavy atom. The van der Waals surface area contributed by atoms with Crippen LogP contribution in [0.2, 0.25) is 10.0 Å². The first kappa shape index (κ1) is 16.6. The Morgan fingerprint density at radius 3 is 2.38 bits per heavy atom. The Labute approximate surface area is 158 Å². The van der Waals surface area contributed by atoms with Crippen molar-refractivity contribution in [3.63, 3.8) is 0 Å². The van der Waals surface area contributed by atoms with E-state index in [1.165, 1.54) is 0 Å². The van der Waals surface area contributed by atoms with Gasteiger partial charge in [0.05, 0.1) is 0 Å². The van der Waals surface area contributed by atoms with Gasteiger partial charge in [0.15, 0.2) is 0 Å². The van der Waals surface area contributed by atoms with Gasteiger partial charge in [0.25, 0.3) is 5.91 Å². The predicted octanol–water partition coefficient (Wildman–Crippen LogP) is 5.45. The van der Waals surface area contributed by atoms with Crippen LogP contribution >= 0.6 is 23.2 Å². The van der Waals surface area contributed by atoms with Gasteiger partial charge in [-0.05, 0) is 41.1 Å². The Morgan fingerprint density at radius 1 is 0.885 bits per heavy atom. The van der Waals surface area contributed by atoms with Crippen molar-refractivity contribution in [2.75, 3.05) is 5.32 Å². The molecule has 0 aliphatic rings. The van der Waals surface area contributed by atoms with Crippen LogP contribution in [-0.2, 0) is 0 Å². The number of amides is 1. The molecule has 4 aromatic rings. The van der Waals surface area contributed by atoms with E-state index in [4.69, 9.17) is 27.6 Å². The Balaban J connectivity index is 1.57. The molecule has 4 rings (SSSR count). The van der Waals surface area contributed by atoms with Crippen molar-refractivity contribution in [1.29, 1.82) is 0 Å². The molecule has 5 nitrogen and oxygen atoms in total. The van der Waals surface area contributed by atoms with Crippen molar-refractivity contribution in [2.24, 2.45) is 0 Å². The number of nitrogens with zero attached hydrogens (tertiary/aromatic N) is 2. The van der Waals surface area contributed by atoms with Crippen LogP contribution in [0.15, 0.2) is 65.1 Å². The van der Waals surface area contributed by atoms with Crippen molar-refractivity contribution in [1.82, 2.24) is 10.2 Å². The summed E-state index contributed by atoms with van der Waals surface area (Å²) >= 11 is 11.9. The van der Waals surface area contributed by atoms with E-state index >= 15 is 0 Å². The zero-order valence-electron chi connectivity index (χ0n) is 13.2. The van der Waals surface area contributed by atoms with Crippen LogP contribution in [0.25, 0.3) is 22.2 Å². The molecule has 0 saturated carbocycles. The van der Waals surface area contributed by atoms with Crippen molar-refractivity contribution in [3.05, 3.63) is 76.3 Å². The molecule has 128 valence electrons. The van der Waals surface area contributed by atoms with E-state index < -0.39 is 0 Å². The second-order valence-electron chi connectivity index (χ2n) is 5.59. The van der Waals surface area contributed by atoms with Gasteiger partial charge in [0.1, 0.15) is 0 Å². The summed E-state index contributed by atoms with van der Waals surface area (Å²) in [6.07, 6.45) is 0. The summed E-state index contributed by atoms with van der Waals surface area (Å²) in [5.74, 6) is -0.127. The monoisotopic (exact) mass is 383 g/mol. The fourth-order valence-corrected chi connectivity index (χ4v) is 3.09. The summed E-state index contributed by atoms with van der Waals surface area (Å²) in [4.78, 5) is 12.4. The number of benzene rings is 3.